The Kier molecular flexibility index (Phi) is 5.49. The standard InChI is InChI=1S/C25H23N3O3S/c1-15-26-24(22-20-8-3-4-9-21(20)32-25(22)27-15)31-18-12-10-17(11-13-18)28-23(29)16-6-5-7-19(14-16)30-2/h5-7,10-14H,3-4,8-9H2,1-2H3,(H,28,29). The molecule has 0 bridgehead atoms. The number of rotatable bonds is 5. The summed E-state index contributed by atoms with van der Waals surface area (Å²) >= 11 is 1.76. The second-order valence-electron chi connectivity index (χ2n) is 7.78. The van der Waals surface area contributed by atoms with E-state index in [0.29, 0.717) is 34.5 Å². The van der Waals surface area contributed by atoms with Crippen molar-refractivity contribution in [2.45, 2.75) is 32.6 Å². The predicted octanol–water partition coefficient (Wildman–Crippen LogP) is 5.93. The maximum Gasteiger partial charge on any atom is 0.255 e. The van der Waals surface area contributed by atoms with Gasteiger partial charge >= 0.3 is 0 Å². The minimum absolute atomic E-state index is 0.199. The number of aryl methyl sites for hydroxylation is 3. The van der Waals surface area contributed by atoms with Crippen LogP contribution in [-0.4, -0.2) is 23.0 Å². The molecule has 2 aromatic heterocycles. The number of carbonyl (C=O) groups excluding carboxylic acids is 1. The first-order valence-corrected chi connectivity index (χ1v) is 11.4. The van der Waals surface area contributed by atoms with E-state index >= 15 is 0 Å². The van der Waals surface area contributed by atoms with E-state index in [1.807, 2.05) is 31.2 Å². The highest BCUT2D eigenvalue weighted by Crippen LogP contribution is 2.40. The van der Waals surface area contributed by atoms with Gasteiger partial charge in [0.05, 0.1) is 12.5 Å². The van der Waals surface area contributed by atoms with Crippen molar-refractivity contribution >= 4 is 33.1 Å². The van der Waals surface area contributed by atoms with Gasteiger partial charge in [-0.3, -0.25) is 4.79 Å². The highest BCUT2D eigenvalue weighted by atomic mass is 32.1. The quantitative estimate of drug-likeness (QED) is 0.412. The number of carbonyl (C=O) groups is 1. The van der Waals surface area contributed by atoms with Gasteiger partial charge in [0.1, 0.15) is 22.2 Å². The molecule has 0 saturated carbocycles. The van der Waals surface area contributed by atoms with Crippen LogP contribution in [0.5, 0.6) is 17.4 Å². The average molecular weight is 446 g/mol. The fourth-order valence-corrected chi connectivity index (χ4v) is 5.28. The van der Waals surface area contributed by atoms with E-state index in [4.69, 9.17) is 9.47 Å². The molecule has 32 heavy (non-hydrogen) atoms. The zero-order chi connectivity index (χ0) is 22.1. The molecule has 0 atom stereocenters. The maximum absolute atomic E-state index is 12.5. The number of nitrogens with zero attached hydrogens (tertiary/aromatic N) is 2. The topological polar surface area (TPSA) is 73.3 Å². The fraction of sp³-hybridized carbons (Fsp3) is 0.240. The lowest BCUT2D eigenvalue weighted by atomic mass is 9.97. The SMILES string of the molecule is COc1cccc(C(=O)Nc2ccc(Oc3nc(C)nc4sc5c(c34)CCCC5)cc2)c1. The van der Waals surface area contributed by atoms with E-state index in [1.165, 1.54) is 23.3 Å². The Morgan fingerprint density at radius 3 is 2.66 bits per heavy atom. The van der Waals surface area contributed by atoms with Gasteiger partial charge in [0.2, 0.25) is 5.88 Å². The molecule has 5 rings (SSSR count). The smallest absolute Gasteiger partial charge is 0.255 e. The van der Waals surface area contributed by atoms with Gasteiger partial charge in [-0.1, -0.05) is 6.07 Å². The lowest BCUT2D eigenvalue weighted by molar-refractivity contribution is 0.102. The number of hydrogen-bond donors (Lipinski definition) is 1. The largest absolute Gasteiger partial charge is 0.497 e. The van der Waals surface area contributed by atoms with Crippen LogP contribution in [0.1, 0.15) is 39.5 Å². The average Bonchev–Trinajstić information content (AvgIpc) is 3.18. The zero-order valence-corrected chi connectivity index (χ0v) is 18.8. The summed E-state index contributed by atoms with van der Waals surface area (Å²) in [5.41, 5.74) is 2.56. The molecule has 7 heteroatoms. The molecule has 0 spiro atoms. The van der Waals surface area contributed by atoms with E-state index in [0.717, 1.165) is 23.1 Å². The van der Waals surface area contributed by atoms with Crippen LogP contribution >= 0.6 is 11.3 Å². The molecule has 0 radical (unpaired) electrons. The van der Waals surface area contributed by atoms with Crippen molar-refractivity contribution in [2.24, 2.45) is 0 Å². The normalized spacial score (nSPS) is 12.9. The summed E-state index contributed by atoms with van der Waals surface area (Å²) in [6.45, 7) is 1.89. The van der Waals surface area contributed by atoms with Crippen molar-refractivity contribution in [1.82, 2.24) is 9.97 Å². The number of hydrogen-bond acceptors (Lipinski definition) is 6. The van der Waals surface area contributed by atoms with Crippen molar-refractivity contribution in [3.8, 4) is 17.4 Å². The Morgan fingerprint density at radius 2 is 1.84 bits per heavy atom. The lowest BCUT2D eigenvalue weighted by Gasteiger charge is -2.12. The Balaban J connectivity index is 1.36. The number of fused-ring (bicyclic) bond motifs is 3. The summed E-state index contributed by atoms with van der Waals surface area (Å²) in [6.07, 6.45) is 4.57. The number of thiophene rings is 1. The minimum Gasteiger partial charge on any atom is -0.497 e. The van der Waals surface area contributed by atoms with Gasteiger partial charge in [0.15, 0.2) is 0 Å². The first-order valence-electron chi connectivity index (χ1n) is 10.6. The van der Waals surface area contributed by atoms with Crippen LogP contribution in [0.25, 0.3) is 10.2 Å². The van der Waals surface area contributed by atoms with Gasteiger partial charge in [-0.2, -0.15) is 4.98 Å². The van der Waals surface area contributed by atoms with E-state index in [2.05, 4.69) is 15.3 Å². The first kappa shape index (κ1) is 20.5. The summed E-state index contributed by atoms with van der Waals surface area (Å²) in [7, 11) is 1.58. The van der Waals surface area contributed by atoms with Crippen molar-refractivity contribution < 1.29 is 14.3 Å². The molecule has 2 heterocycles. The number of ether oxygens (including phenoxy) is 2. The van der Waals surface area contributed by atoms with Crippen LogP contribution < -0.4 is 14.8 Å². The Labute approximate surface area is 190 Å². The third-order valence-corrected chi connectivity index (χ3v) is 6.74. The van der Waals surface area contributed by atoms with Crippen LogP contribution in [0.2, 0.25) is 0 Å². The van der Waals surface area contributed by atoms with Crippen molar-refractivity contribution in [1.29, 1.82) is 0 Å². The highest BCUT2D eigenvalue weighted by Gasteiger charge is 2.21. The number of benzene rings is 2. The molecule has 1 aliphatic rings. The third kappa shape index (κ3) is 4.03. The van der Waals surface area contributed by atoms with Gasteiger partial charge in [-0.15, -0.1) is 11.3 Å². The first-order chi connectivity index (χ1) is 15.6. The number of methoxy groups -OCH3 is 1. The van der Waals surface area contributed by atoms with Crippen molar-refractivity contribution in [3.63, 3.8) is 0 Å². The second kappa shape index (κ2) is 8.59. The molecule has 0 saturated heterocycles. The Bertz CT molecular complexity index is 1300. The molecule has 1 amide bonds. The van der Waals surface area contributed by atoms with Crippen LogP contribution in [-0.2, 0) is 12.8 Å². The van der Waals surface area contributed by atoms with Gasteiger partial charge in [0, 0.05) is 16.1 Å². The van der Waals surface area contributed by atoms with Crippen LogP contribution in [0.3, 0.4) is 0 Å². The van der Waals surface area contributed by atoms with E-state index < -0.39 is 0 Å². The van der Waals surface area contributed by atoms with Gasteiger partial charge in [-0.25, -0.2) is 4.98 Å². The lowest BCUT2D eigenvalue weighted by Crippen LogP contribution is -2.11. The molecular formula is C25H23N3O3S. The molecule has 2 aromatic carbocycles. The molecule has 0 fully saturated rings. The number of anilines is 1. The number of aromatic nitrogens is 2. The van der Waals surface area contributed by atoms with Crippen LogP contribution in [0, 0.1) is 6.92 Å². The molecule has 4 aromatic rings. The molecule has 1 N–H and O–H groups in total. The monoisotopic (exact) mass is 445 g/mol. The highest BCUT2D eigenvalue weighted by molar-refractivity contribution is 7.18. The Morgan fingerprint density at radius 1 is 1.03 bits per heavy atom. The van der Waals surface area contributed by atoms with Crippen molar-refractivity contribution in [3.05, 3.63) is 70.4 Å². The summed E-state index contributed by atoms with van der Waals surface area (Å²) in [5.74, 6) is 2.42. The summed E-state index contributed by atoms with van der Waals surface area (Å²) in [5, 5.41) is 3.95. The van der Waals surface area contributed by atoms with Crippen molar-refractivity contribution in [2.75, 3.05) is 12.4 Å². The summed E-state index contributed by atoms with van der Waals surface area (Å²) < 4.78 is 11.4. The summed E-state index contributed by atoms with van der Waals surface area (Å²) in [6, 6.07) is 14.4. The third-order valence-electron chi connectivity index (χ3n) is 5.55. The zero-order valence-electron chi connectivity index (χ0n) is 18.0. The summed E-state index contributed by atoms with van der Waals surface area (Å²) in [4.78, 5) is 24.2. The van der Waals surface area contributed by atoms with Crippen LogP contribution in [0.15, 0.2) is 48.5 Å². The van der Waals surface area contributed by atoms with Crippen LogP contribution in [0.4, 0.5) is 5.69 Å². The molecule has 0 aliphatic heterocycles. The van der Waals surface area contributed by atoms with E-state index in [-0.39, 0.29) is 5.91 Å². The fourth-order valence-electron chi connectivity index (χ4n) is 3.98. The van der Waals surface area contributed by atoms with Gasteiger partial charge in [0.25, 0.3) is 5.91 Å². The van der Waals surface area contributed by atoms with E-state index in [1.54, 1.807) is 42.7 Å². The minimum atomic E-state index is -0.199. The predicted molar refractivity (Wildman–Crippen MR) is 126 cm³/mol. The molecule has 6 nitrogen and oxygen atoms in total. The molecule has 162 valence electrons. The van der Waals surface area contributed by atoms with E-state index in [9.17, 15) is 4.79 Å². The maximum atomic E-state index is 12.5. The van der Waals surface area contributed by atoms with Gasteiger partial charge in [-0.05, 0) is 80.6 Å². The molecular weight excluding hydrogens is 422 g/mol. The number of nitrogens with one attached hydrogen (secondary N) is 1. The Hall–Kier alpha value is -3.45. The molecule has 1 aliphatic carbocycles. The van der Waals surface area contributed by atoms with Gasteiger partial charge < -0.3 is 14.8 Å². The number of amides is 1. The molecule has 0 unspecified atom stereocenters. The second-order valence-corrected chi connectivity index (χ2v) is 8.86.